The molecule has 0 spiro atoms. The quantitative estimate of drug-likeness (QED) is 0.111. The minimum Gasteiger partial charge on any atom is -0.465 e. The van der Waals surface area contributed by atoms with Crippen molar-refractivity contribution in [2.45, 2.75) is 61.9 Å². The van der Waals surface area contributed by atoms with Crippen molar-refractivity contribution in [3.63, 3.8) is 0 Å². The average molecular weight is 549 g/mol. The summed E-state index contributed by atoms with van der Waals surface area (Å²) in [6, 6.07) is 0. The monoisotopic (exact) mass is 548 g/mol. The zero-order valence-electron chi connectivity index (χ0n) is 18.9. The Hall–Kier alpha value is -1.12. The first-order valence-corrected chi connectivity index (χ1v) is 12.0. The highest BCUT2D eigenvalue weighted by molar-refractivity contribution is 7.81. The molecule has 0 rings (SSSR count). The zero-order valence-corrected chi connectivity index (χ0v) is 22.5. The van der Waals surface area contributed by atoms with E-state index in [9.17, 15) is 19.2 Å². The number of hydrogen-bond donors (Lipinski definition) is 4. The molecule has 0 saturated heterocycles. The van der Waals surface area contributed by atoms with Crippen molar-refractivity contribution in [1.82, 2.24) is 0 Å². The van der Waals surface area contributed by atoms with Crippen LogP contribution in [0.1, 0.15) is 40.5 Å². The van der Waals surface area contributed by atoms with E-state index in [0.29, 0.717) is 0 Å². The Morgan fingerprint density at radius 3 is 1.18 bits per heavy atom. The van der Waals surface area contributed by atoms with Gasteiger partial charge in [0.1, 0.15) is 42.7 Å². The molecule has 0 fully saturated rings. The lowest BCUT2D eigenvalue weighted by Gasteiger charge is -2.31. The van der Waals surface area contributed by atoms with E-state index in [1.807, 2.05) is 0 Å². The molecule has 0 aromatic rings. The van der Waals surface area contributed by atoms with Gasteiger partial charge in [0.05, 0.1) is 12.8 Å². The molecule has 0 heterocycles. The van der Waals surface area contributed by atoms with Crippen LogP contribution in [0.5, 0.6) is 0 Å². The van der Waals surface area contributed by atoms with Gasteiger partial charge in [-0.05, 0) is 13.8 Å². The molecule has 0 radical (unpaired) electrons. The summed E-state index contributed by atoms with van der Waals surface area (Å²) in [5.74, 6) is -1.20. The summed E-state index contributed by atoms with van der Waals surface area (Å²) in [5.41, 5.74) is -2.96. The second-order valence-electron chi connectivity index (χ2n) is 7.44. The van der Waals surface area contributed by atoms with Crippen LogP contribution in [-0.4, -0.2) is 72.0 Å². The second-order valence-corrected chi connectivity index (χ2v) is 10.7. The Morgan fingerprint density at radius 1 is 0.606 bits per heavy atom. The summed E-state index contributed by atoms with van der Waals surface area (Å²) in [7, 11) is 0. The third-order valence-electron chi connectivity index (χ3n) is 3.53. The van der Waals surface area contributed by atoms with Crippen LogP contribution in [0, 0.1) is 5.41 Å². The van der Waals surface area contributed by atoms with Crippen LogP contribution in [0.15, 0.2) is 0 Å². The van der Waals surface area contributed by atoms with E-state index in [1.54, 1.807) is 13.8 Å². The van der Waals surface area contributed by atoms with Crippen LogP contribution >= 0.6 is 50.5 Å². The smallest absolute Gasteiger partial charge is 0.465 e. The van der Waals surface area contributed by atoms with Gasteiger partial charge in [-0.3, -0.25) is 9.59 Å². The molecular formula is C19H32O10S4. The topological polar surface area (TPSA) is 124 Å². The van der Waals surface area contributed by atoms with Crippen molar-refractivity contribution < 1.29 is 47.6 Å². The van der Waals surface area contributed by atoms with Crippen molar-refractivity contribution in [1.29, 1.82) is 0 Å². The number of thiol groups is 4. The molecule has 0 aromatic carbocycles. The number of esters is 2. The summed E-state index contributed by atoms with van der Waals surface area (Å²) < 4.78 is 30.3. The molecule has 0 aliphatic carbocycles. The highest BCUT2D eigenvalue weighted by Crippen LogP contribution is 2.23. The third-order valence-corrected chi connectivity index (χ3v) is 4.10. The van der Waals surface area contributed by atoms with Gasteiger partial charge in [0.2, 0.25) is 0 Å². The number of rotatable bonds is 14. The minimum absolute atomic E-state index is 0.00369. The number of carbonyl (C=O) groups is 4. The van der Waals surface area contributed by atoms with E-state index < -0.39 is 67.0 Å². The van der Waals surface area contributed by atoms with E-state index in [0.717, 1.165) is 0 Å². The van der Waals surface area contributed by atoms with Gasteiger partial charge in [-0.25, -0.2) is 9.59 Å². The lowest BCUT2D eigenvalue weighted by atomic mass is 9.92. The summed E-state index contributed by atoms with van der Waals surface area (Å²) >= 11 is 16.1. The van der Waals surface area contributed by atoms with Gasteiger partial charge in [0.15, 0.2) is 0 Å². The van der Waals surface area contributed by atoms with Crippen LogP contribution in [-0.2, 0) is 38.0 Å². The average Bonchev–Trinajstić information content (AvgIpc) is 2.64. The van der Waals surface area contributed by atoms with Crippen molar-refractivity contribution in [3.05, 3.63) is 0 Å². The van der Waals surface area contributed by atoms with Crippen LogP contribution in [0.25, 0.3) is 0 Å². The fraction of sp³-hybridized carbons (Fsp3) is 0.789. The van der Waals surface area contributed by atoms with Gasteiger partial charge < -0.3 is 28.4 Å². The molecule has 10 nitrogen and oxygen atoms in total. The zero-order chi connectivity index (χ0) is 25.6. The minimum atomic E-state index is -1.46. The van der Waals surface area contributed by atoms with Crippen LogP contribution in [0.3, 0.4) is 0 Å². The van der Waals surface area contributed by atoms with E-state index in [-0.39, 0.29) is 23.3 Å². The summed E-state index contributed by atoms with van der Waals surface area (Å²) in [6.07, 6.45) is -2.15. The molecule has 192 valence electrons. The fourth-order valence-electron chi connectivity index (χ4n) is 2.09. The molecule has 0 N–H and O–H groups in total. The maximum atomic E-state index is 12.1. The molecule has 14 heteroatoms. The van der Waals surface area contributed by atoms with Crippen molar-refractivity contribution in [3.8, 4) is 0 Å². The molecule has 0 amide bonds. The number of hydrogen-bond acceptors (Lipinski definition) is 14. The highest BCUT2D eigenvalue weighted by Gasteiger charge is 2.38. The van der Waals surface area contributed by atoms with E-state index in [1.165, 1.54) is 13.8 Å². The van der Waals surface area contributed by atoms with Crippen molar-refractivity contribution >= 4 is 74.8 Å². The summed E-state index contributed by atoms with van der Waals surface area (Å²) in [6.45, 7) is 4.60. The largest absolute Gasteiger partial charge is 0.509 e. The SMILES string of the molecule is CC(S)CC(=O)OCC(COC(=O)CC(C)S)(COC(=O)OC(C)S)COC(=O)OC(C)S. The predicted octanol–water partition coefficient (Wildman–Crippen LogP) is 3.33. The summed E-state index contributed by atoms with van der Waals surface area (Å²) in [4.78, 5) is 47.9. The highest BCUT2D eigenvalue weighted by atomic mass is 32.1. The Kier molecular flexibility index (Phi) is 15.9. The molecule has 0 saturated carbocycles. The first-order chi connectivity index (χ1) is 15.2. The Labute approximate surface area is 215 Å². The predicted molar refractivity (Wildman–Crippen MR) is 132 cm³/mol. The molecule has 4 atom stereocenters. The second kappa shape index (κ2) is 16.5. The van der Waals surface area contributed by atoms with Crippen molar-refractivity contribution in [2.75, 3.05) is 26.4 Å². The first-order valence-electron chi connectivity index (χ1n) is 9.95. The molecule has 0 aliphatic rings. The molecule has 0 bridgehead atoms. The van der Waals surface area contributed by atoms with Gasteiger partial charge >= 0.3 is 24.2 Å². The van der Waals surface area contributed by atoms with E-state index >= 15 is 0 Å². The maximum Gasteiger partial charge on any atom is 0.509 e. The fourth-order valence-corrected chi connectivity index (χ4v) is 2.56. The molecule has 33 heavy (non-hydrogen) atoms. The Balaban J connectivity index is 5.59. The first kappa shape index (κ1) is 31.9. The van der Waals surface area contributed by atoms with Crippen LogP contribution < -0.4 is 0 Å². The van der Waals surface area contributed by atoms with Crippen LogP contribution in [0.2, 0.25) is 0 Å². The van der Waals surface area contributed by atoms with Gasteiger partial charge in [0, 0.05) is 10.5 Å². The van der Waals surface area contributed by atoms with Crippen LogP contribution in [0.4, 0.5) is 9.59 Å². The molecule has 0 aliphatic heterocycles. The van der Waals surface area contributed by atoms with Gasteiger partial charge in [-0.2, -0.15) is 25.3 Å². The lowest BCUT2D eigenvalue weighted by Crippen LogP contribution is -2.44. The number of ether oxygens (including phenoxy) is 6. The Morgan fingerprint density at radius 2 is 0.909 bits per heavy atom. The molecule has 4 unspecified atom stereocenters. The third kappa shape index (κ3) is 17.0. The summed E-state index contributed by atoms with van der Waals surface area (Å²) in [5, 5.41) is -0.541. The normalized spacial score (nSPS) is 16.2. The molecular weight excluding hydrogens is 516 g/mol. The van der Waals surface area contributed by atoms with E-state index in [2.05, 4.69) is 50.5 Å². The van der Waals surface area contributed by atoms with Gasteiger partial charge in [0.25, 0.3) is 0 Å². The number of carbonyl (C=O) groups excluding carboxylic acids is 4. The molecule has 0 aromatic heterocycles. The maximum absolute atomic E-state index is 12.1. The van der Waals surface area contributed by atoms with E-state index in [4.69, 9.17) is 28.4 Å². The standard InChI is InChI=1S/C19H32O10S4/c1-11(30)5-15(20)24-7-19(8-25-16(21)6-12(2)31,9-26-17(22)28-13(3)32)10-27-18(23)29-14(4)33/h11-14,30-33H,5-10H2,1-4H3. The lowest BCUT2D eigenvalue weighted by molar-refractivity contribution is -0.160. The van der Waals surface area contributed by atoms with Gasteiger partial charge in [-0.15, -0.1) is 25.3 Å². The Bertz CT molecular complexity index is 531. The van der Waals surface area contributed by atoms with Crippen molar-refractivity contribution in [2.24, 2.45) is 5.41 Å². The van der Waals surface area contributed by atoms with Gasteiger partial charge in [-0.1, -0.05) is 13.8 Å².